The molecule has 1 N–H and O–H groups in total. The summed E-state index contributed by atoms with van der Waals surface area (Å²) >= 11 is 3.44. The number of hydrogen-bond acceptors (Lipinski definition) is 5. The molecule has 1 aliphatic heterocycles. The van der Waals surface area contributed by atoms with E-state index in [4.69, 9.17) is 13.9 Å². The number of nitrogens with zero attached hydrogens (tertiary/aromatic N) is 1. The Morgan fingerprint density at radius 2 is 1.90 bits per heavy atom. The summed E-state index contributed by atoms with van der Waals surface area (Å²) in [6.45, 7) is 4.46. The van der Waals surface area contributed by atoms with E-state index in [-0.39, 0.29) is 18.3 Å². The van der Waals surface area contributed by atoms with Gasteiger partial charge in [-0.05, 0) is 57.9 Å². The summed E-state index contributed by atoms with van der Waals surface area (Å²) in [5, 5.41) is 2.91. The number of para-hydroxylation sites is 1. The molecule has 1 aromatic heterocycles. The Bertz CT molecular complexity index is 998. The van der Waals surface area contributed by atoms with Crippen LogP contribution in [-0.2, 0) is 17.9 Å². The van der Waals surface area contributed by atoms with Crippen LogP contribution in [0.2, 0.25) is 0 Å². The first-order valence-corrected chi connectivity index (χ1v) is 10.6. The summed E-state index contributed by atoms with van der Waals surface area (Å²) in [6, 6.07) is 18.9. The topological polar surface area (TPSA) is 63.9 Å². The number of carbonyl (C=O) groups is 1. The van der Waals surface area contributed by atoms with Crippen LogP contribution in [0.15, 0.2) is 69.6 Å². The monoisotopic (exact) mass is 470 g/mol. The molecule has 2 heterocycles. The lowest BCUT2D eigenvalue weighted by atomic mass is 10.2. The largest absolute Gasteiger partial charge is 0.484 e. The van der Waals surface area contributed by atoms with Gasteiger partial charge in [-0.25, -0.2) is 0 Å². The highest BCUT2D eigenvalue weighted by Gasteiger charge is 2.14. The molecule has 6 nitrogen and oxygen atoms in total. The maximum absolute atomic E-state index is 12.6. The zero-order valence-electron chi connectivity index (χ0n) is 16.5. The Balaban J connectivity index is 1.34. The van der Waals surface area contributed by atoms with Crippen molar-refractivity contribution in [3.05, 3.63) is 82.2 Å². The maximum Gasteiger partial charge on any atom is 0.291 e. The molecule has 0 bridgehead atoms. The molecule has 1 aliphatic rings. The fraction of sp³-hybridized carbons (Fsp3) is 0.261. The minimum absolute atomic E-state index is 0.241. The van der Waals surface area contributed by atoms with Gasteiger partial charge < -0.3 is 19.2 Å². The van der Waals surface area contributed by atoms with Crippen LogP contribution in [0.25, 0.3) is 0 Å². The van der Waals surface area contributed by atoms with E-state index in [1.807, 2.05) is 42.5 Å². The summed E-state index contributed by atoms with van der Waals surface area (Å²) in [7, 11) is 0. The Morgan fingerprint density at radius 3 is 2.73 bits per heavy atom. The molecule has 0 saturated carbocycles. The van der Waals surface area contributed by atoms with Crippen LogP contribution in [0, 0.1) is 0 Å². The lowest BCUT2D eigenvalue weighted by molar-refractivity contribution is 0.0342. The third-order valence-electron chi connectivity index (χ3n) is 4.79. The lowest BCUT2D eigenvalue weighted by Gasteiger charge is -2.26. The Morgan fingerprint density at radius 1 is 1.07 bits per heavy atom. The van der Waals surface area contributed by atoms with Gasteiger partial charge in [-0.2, -0.15) is 0 Å². The van der Waals surface area contributed by atoms with Gasteiger partial charge in [0.1, 0.15) is 18.1 Å². The average molecular weight is 471 g/mol. The van der Waals surface area contributed by atoms with Crippen molar-refractivity contribution in [2.75, 3.05) is 31.6 Å². The Hall–Kier alpha value is -2.61. The molecule has 156 valence electrons. The number of ether oxygens (including phenoxy) is 2. The molecule has 3 aromatic rings. The van der Waals surface area contributed by atoms with Gasteiger partial charge in [-0.3, -0.25) is 9.69 Å². The number of hydrogen-bond donors (Lipinski definition) is 1. The minimum atomic E-state index is -0.286. The molecule has 0 radical (unpaired) electrons. The Labute approximate surface area is 183 Å². The number of anilines is 1. The van der Waals surface area contributed by atoms with Crippen molar-refractivity contribution in [3.63, 3.8) is 0 Å². The van der Waals surface area contributed by atoms with Crippen LogP contribution in [0.4, 0.5) is 5.69 Å². The highest BCUT2D eigenvalue weighted by Crippen LogP contribution is 2.25. The third-order valence-corrected chi connectivity index (χ3v) is 5.44. The van der Waals surface area contributed by atoms with E-state index >= 15 is 0 Å². The van der Waals surface area contributed by atoms with Crippen molar-refractivity contribution in [1.82, 2.24) is 4.90 Å². The molecular weight excluding hydrogens is 448 g/mol. The SMILES string of the molecule is O=C(Nc1cccc(CN2CCOCC2)c1)c1ccc(COc2ccccc2Br)o1. The van der Waals surface area contributed by atoms with Crippen molar-refractivity contribution < 1.29 is 18.7 Å². The molecule has 0 spiro atoms. The number of carbonyl (C=O) groups excluding carboxylic acids is 1. The lowest BCUT2D eigenvalue weighted by Crippen LogP contribution is -2.35. The molecule has 1 amide bonds. The van der Waals surface area contributed by atoms with E-state index in [1.165, 1.54) is 0 Å². The van der Waals surface area contributed by atoms with Crippen LogP contribution < -0.4 is 10.1 Å². The summed E-state index contributed by atoms with van der Waals surface area (Å²) in [4.78, 5) is 14.9. The van der Waals surface area contributed by atoms with Gasteiger partial charge in [0.2, 0.25) is 0 Å². The predicted octanol–water partition coefficient (Wildman–Crippen LogP) is 4.71. The highest BCUT2D eigenvalue weighted by atomic mass is 79.9. The number of halogens is 1. The first-order chi connectivity index (χ1) is 14.7. The smallest absolute Gasteiger partial charge is 0.291 e. The molecule has 0 aliphatic carbocycles. The first-order valence-electron chi connectivity index (χ1n) is 9.84. The second-order valence-corrected chi connectivity index (χ2v) is 7.88. The Kier molecular flexibility index (Phi) is 6.84. The number of morpholine rings is 1. The van der Waals surface area contributed by atoms with Crippen molar-refractivity contribution >= 4 is 27.5 Å². The van der Waals surface area contributed by atoms with E-state index in [0.29, 0.717) is 5.76 Å². The van der Waals surface area contributed by atoms with E-state index < -0.39 is 0 Å². The van der Waals surface area contributed by atoms with Crippen molar-refractivity contribution in [2.24, 2.45) is 0 Å². The second kappa shape index (κ2) is 9.93. The molecule has 4 rings (SSSR count). The summed E-state index contributed by atoms with van der Waals surface area (Å²) in [5.74, 6) is 1.26. The number of amides is 1. The van der Waals surface area contributed by atoms with Gasteiger partial charge in [-0.15, -0.1) is 0 Å². The first kappa shape index (κ1) is 20.7. The quantitative estimate of drug-likeness (QED) is 0.541. The number of benzene rings is 2. The molecule has 0 unspecified atom stereocenters. The molecule has 2 aromatic carbocycles. The number of rotatable bonds is 7. The minimum Gasteiger partial charge on any atom is -0.484 e. The zero-order valence-corrected chi connectivity index (χ0v) is 18.1. The highest BCUT2D eigenvalue weighted by molar-refractivity contribution is 9.10. The van der Waals surface area contributed by atoms with Gasteiger partial charge in [0.05, 0.1) is 17.7 Å². The maximum atomic E-state index is 12.6. The number of furan rings is 1. The van der Waals surface area contributed by atoms with Gasteiger partial charge in [0.25, 0.3) is 5.91 Å². The standard InChI is InChI=1S/C23H23BrN2O4/c24-20-6-1-2-7-21(20)29-16-19-8-9-22(30-19)23(27)25-18-5-3-4-17(14-18)15-26-10-12-28-13-11-26/h1-9,14H,10-13,15-16H2,(H,25,27). The molecule has 0 atom stereocenters. The summed E-state index contributed by atoms with van der Waals surface area (Å²) < 4.78 is 17.7. The molecule has 7 heteroatoms. The second-order valence-electron chi connectivity index (χ2n) is 7.03. The molecule has 1 saturated heterocycles. The average Bonchev–Trinajstić information content (AvgIpc) is 3.23. The van der Waals surface area contributed by atoms with E-state index in [9.17, 15) is 4.79 Å². The van der Waals surface area contributed by atoms with Gasteiger partial charge in [-0.1, -0.05) is 24.3 Å². The van der Waals surface area contributed by atoms with Gasteiger partial charge >= 0.3 is 0 Å². The van der Waals surface area contributed by atoms with Crippen LogP contribution >= 0.6 is 15.9 Å². The number of nitrogens with one attached hydrogen (secondary N) is 1. The van der Waals surface area contributed by atoms with Crippen LogP contribution in [0.3, 0.4) is 0 Å². The van der Waals surface area contributed by atoms with Crippen molar-refractivity contribution in [2.45, 2.75) is 13.2 Å². The van der Waals surface area contributed by atoms with Gasteiger partial charge in [0.15, 0.2) is 5.76 Å². The van der Waals surface area contributed by atoms with Crippen LogP contribution in [0.1, 0.15) is 21.9 Å². The van der Waals surface area contributed by atoms with E-state index in [1.54, 1.807) is 12.1 Å². The predicted molar refractivity (Wildman–Crippen MR) is 118 cm³/mol. The zero-order chi connectivity index (χ0) is 20.8. The fourth-order valence-corrected chi connectivity index (χ4v) is 3.65. The van der Waals surface area contributed by atoms with Crippen LogP contribution in [-0.4, -0.2) is 37.1 Å². The van der Waals surface area contributed by atoms with Crippen LogP contribution in [0.5, 0.6) is 5.75 Å². The molecule has 30 heavy (non-hydrogen) atoms. The summed E-state index contributed by atoms with van der Waals surface area (Å²) in [5.41, 5.74) is 1.89. The van der Waals surface area contributed by atoms with Crippen molar-refractivity contribution in [3.8, 4) is 5.75 Å². The normalized spacial score (nSPS) is 14.4. The van der Waals surface area contributed by atoms with E-state index in [0.717, 1.165) is 54.3 Å². The molecule has 1 fully saturated rings. The van der Waals surface area contributed by atoms with Gasteiger partial charge in [0, 0.05) is 25.3 Å². The van der Waals surface area contributed by atoms with E-state index in [2.05, 4.69) is 32.2 Å². The third kappa shape index (κ3) is 5.50. The fourth-order valence-electron chi connectivity index (χ4n) is 3.25. The summed E-state index contributed by atoms with van der Waals surface area (Å²) in [6.07, 6.45) is 0. The van der Waals surface area contributed by atoms with Crippen molar-refractivity contribution in [1.29, 1.82) is 0 Å². The molecular formula is C23H23BrN2O4.